The lowest BCUT2D eigenvalue weighted by molar-refractivity contribution is -0.0704. The Kier molecular flexibility index (Phi) is 5.54. The van der Waals surface area contributed by atoms with Gasteiger partial charge in [-0.1, -0.05) is 12.1 Å². The van der Waals surface area contributed by atoms with Gasteiger partial charge in [-0.25, -0.2) is 0 Å². The molecule has 0 spiro atoms. The smallest absolute Gasteiger partial charge is 0.254 e. The summed E-state index contributed by atoms with van der Waals surface area (Å²) in [4.78, 5) is 17.1. The van der Waals surface area contributed by atoms with Crippen LogP contribution in [0.3, 0.4) is 0 Å². The molecular formula is C19H29N3O2. The Balaban J connectivity index is 1.61. The lowest BCUT2D eigenvalue weighted by Gasteiger charge is -2.35. The Bertz CT molecular complexity index is 550. The van der Waals surface area contributed by atoms with E-state index in [-0.39, 0.29) is 24.2 Å². The highest BCUT2D eigenvalue weighted by atomic mass is 16.5. The van der Waals surface area contributed by atoms with E-state index in [0.29, 0.717) is 0 Å². The summed E-state index contributed by atoms with van der Waals surface area (Å²) in [5, 5.41) is 3.32. The number of amides is 1. The summed E-state index contributed by atoms with van der Waals surface area (Å²) >= 11 is 0. The molecule has 0 bridgehead atoms. The van der Waals surface area contributed by atoms with Crippen LogP contribution in [0.1, 0.15) is 36.7 Å². The first kappa shape index (κ1) is 17.4. The van der Waals surface area contributed by atoms with Crippen LogP contribution in [-0.4, -0.2) is 66.7 Å². The maximum atomic E-state index is 12.7. The summed E-state index contributed by atoms with van der Waals surface area (Å²) in [6.45, 7) is 11.7. The molecule has 1 aromatic carbocycles. The van der Waals surface area contributed by atoms with Gasteiger partial charge >= 0.3 is 0 Å². The molecular weight excluding hydrogens is 302 g/mol. The second-order valence-corrected chi connectivity index (χ2v) is 7.20. The first-order chi connectivity index (χ1) is 11.5. The topological polar surface area (TPSA) is 44.8 Å². The molecule has 2 heterocycles. The van der Waals surface area contributed by atoms with Gasteiger partial charge in [-0.3, -0.25) is 9.69 Å². The molecule has 1 N–H and O–H groups in total. The zero-order valence-electron chi connectivity index (χ0n) is 15.0. The van der Waals surface area contributed by atoms with Crippen LogP contribution in [0, 0.1) is 0 Å². The fourth-order valence-corrected chi connectivity index (χ4v) is 3.73. The molecule has 132 valence electrons. The third-order valence-corrected chi connectivity index (χ3v) is 4.86. The van der Waals surface area contributed by atoms with Crippen molar-refractivity contribution in [3.8, 4) is 0 Å². The van der Waals surface area contributed by atoms with Gasteiger partial charge in [0.1, 0.15) is 0 Å². The number of carbonyl (C=O) groups is 1. The molecule has 1 aromatic rings. The van der Waals surface area contributed by atoms with Crippen LogP contribution < -0.4 is 5.32 Å². The predicted octanol–water partition coefficient (Wildman–Crippen LogP) is 1.73. The Morgan fingerprint density at radius 3 is 2.46 bits per heavy atom. The van der Waals surface area contributed by atoms with E-state index < -0.39 is 0 Å². The van der Waals surface area contributed by atoms with E-state index in [9.17, 15) is 4.79 Å². The molecule has 2 aliphatic rings. The third kappa shape index (κ3) is 4.15. The summed E-state index contributed by atoms with van der Waals surface area (Å²) in [6.07, 6.45) is 0.563. The molecule has 5 heteroatoms. The number of hydrogen-bond acceptors (Lipinski definition) is 4. The molecule has 5 nitrogen and oxygen atoms in total. The Morgan fingerprint density at radius 1 is 1.17 bits per heavy atom. The highest BCUT2D eigenvalue weighted by molar-refractivity contribution is 5.94. The first-order valence-corrected chi connectivity index (χ1v) is 9.01. The standard InChI is InChI=1S/C19H29N3O2/c1-14-10-20-8-9-22(14)19(23)18-6-4-17(5-7-18)13-21-11-15(2)24-16(3)12-21/h4-7,14-16,20H,8-13H2,1-3H3. The van der Waals surface area contributed by atoms with E-state index in [4.69, 9.17) is 4.74 Å². The van der Waals surface area contributed by atoms with Crippen LogP contribution in [-0.2, 0) is 11.3 Å². The zero-order chi connectivity index (χ0) is 17.1. The van der Waals surface area contributed by atoms with Crippen LogP contribution in [0.4, 0.5) is 0 Å². The Morgan fingerprint density at radius 2 is 1.83 bits per heavy atom. The van der Waals surface area contributed by atoms with Crippen molar-refractivity contribution in [3.63, 3.8) is 0 Å². The molecule has 3 atom stereocenters. The van der Waals surface area contributed by atoms with E-state index in [1.807, 2.05) is 17.0 Å². The molecule has 0 radical (unpaired) electrons. The van der Waals surface area contributed by atoms with Gasteiger partial charge < -0.3 is 15.0 Å². The monoisotopic (exact) mass is 331 g/mol. The van der Waals surface area contributed by atoms with Gasteiger partial charge in [-0.2, -0.15) is 0 Å². The number of nitrogens with zero attached hydrogens (tertiary/aromatic N) is 2. The number of nitrogens with one attached hydrogen (secondary N) is 1. The third-order valence-electron chi connectivity index (χ3n) is 4.86. The molecule has 2 fully saturated rings. The van der Waals surface area contributed by atoms with Crippen molar-refractivity contribution in [1.29, 1.82) is 0 Å². The number of morpholine rings is 1. The van der Waals surface area contributed by atoms with Crippen molar-refractivity contribution in [3.05, 3.63) is 35.4 Å². The zero-order valence-corrected chi connectivity index (χ0v) is 15.0. The van der Waals surface area contributed by atoms with Crippen molar-refractivity contribution in [2.45, 2.75) is 45.6 Å². The molecule has 24 heavy (non-hydrogen) atoms. The predicted molar refractivity (Wildman–Crippen MR) is 95.1 cm³/mol. The van der Waals surface area contributed by atoms with E-state index >= 15 is 0 Å². The highest BCUT2D eigenvalue weighted by Crippen LogP contribution is 2.16. The molecule has 0 aromatic heterocycles. The van der Waals surface area contributed by atoms with Crippen LogP contribution in [0.25, 0.3) is 0 Å². The lowest BCUT2D eigenvalue weighted by atomic mass is 10.1. The fraction of sp³-hybridized carbons (Fsp3) is 0.632. The minimum atomic E-state index is 0.143. The SMILES string of the molecule is CC1CN(Cc2ccc(C(=O)N3CCNCC3C)cc2)CC(C)O1. The van der Waals surface area contributed by atoms with Crippen molar-refractivity contribution in [1.82, 2.24) is 15.1 Å². The van der Waals surface area contributed by atoms with Gasteiger partial charge in [0.05, 0.1) is 12.2 Å². The van der Waals surface area contributed by atoms with Gasteiger partial charge in [0.2, 0.25) is 0 Å². The number of ether oxygens (including phenoxy) is 1. The number of hydrogen-bond donors (Lipinski definition) is 1. The Labute approximate surface area is 145 Å². The molecule has 1 amide bonds. The number of rotatable bonds is 3. The van der Waals surface area contributed by atoms with Gasteiger partial charge in [0, 0.05) is 50.9 Å². The molecule has 0 aliphatic carbocycles. The average molecular weight is 331 g/mol. The van der Waals surface area contributed by atoms with E-state index in [1.54, 1.807) is 0 Å². The lowest BCUT2D eigenvalue weighted by Crippen LogP contribution is -2.52. The molecule has 3 rings (SSSR count). The van der Waals surface area contributed by atoms with Crippen LogP contribution in [0.15, 0.2) is 24.3 Å². The number of carbonyl (C=O) groups excluding carboxylic acids is 1. The first-order valence-electron chi connectivity index (χ1n) is 9.01. The van der Waals surface area contributed by atoms with Gasteiger partial charge in [-0.05, 0) is 38.5 Å². The number of benzene rings is 1. The second kappa shape index (κ2) is 7.64. The quantitative estimate of drug-likeness (QED) is 0.916. The minimum Gasteiger partial charge on any atom is -0.373 e. The summed E-state index contributed by atoms with van der Waals surface area (Å²) in [5.41, 5.74) is 2.04. The maximum Gasteiger partial charge on any atom is 0.254 e. The summed E-state index contributed by atoms with van der Waals surface area (Å²) in [5.74, 6) is 0.143. The highest BCUT2D eigenvalue weighted by Gasteiger charge is 2.24. The average Bonchev–Trinajstić information content (AvgIpc) is 2.54. The van der Waals surface area contributed by atoms with Crippen molar-refractivity contribution >= 4 is 5.91 Å². The van der Waals surface area contributed by atoms with E-state index in [1.165, 1.54) is 5.56 Å². The van der Waals surface area contributed by atoms with Crippen molar-refractivity contribution < 1.29 is 9.53 Å². The molecule has 2 aliphatic heterocycles. The molecule has 0 saturated carbocycles. The summed E-state index contributed by atoms with van der Waals surface area (Å²) < 4.78 is 5.78. The van der Waals surface area contributed by atoms with Crippen molar-refractivity contribution in [2.75, 3.05) is 32.7 Å². The van der Waals surface area contributed by atoms with Gasteiger partial charge in [0.25, 0.3) is 5.91 Å². The molecule has 2 saturated heterocycles. The Hall–Kier alpha value is -1.43. The number of piperazine rings is 1. The van der Waals surface area contributed by atoms with Crippen molar-refractivity contribution in [2.24, 2.45) is 0 Å². The van der Waals surface area contributed by atoms with Crippen LogP contribution in [0.2, 0.25) is 0 Å². The van der Waals surface area contributed by atoms with Gasteiger partial charge in [-0.15, -0.1) is 0 Å². The van der Waals surface area contributed by atoms with E-state index in [0.717, 1.165) is 44.8 Å². The fourth-order valence-electron chi connectivity index (χ4n) is 3.73. The molecule has 3 unspecified atom stereocenters. The second-order valence-electron chi connectivity index (χ2n) is 7.20. The van der Waals surface area contributed by atoms with E-state index in [2.05, 4.69) is 43.1 Å². The van der Waals surface area contributed by atoms with Crippen LogP contribution >= 0.6 is 0 Å². The largest absolute Gasteiger partial charge is 0.373 e. The van der Waals surface area contributed by atoms with Crippen LogP contribution in [0.5, 0.6) is 0 Å². The van der Waals surface area contributed by atoms with Gasteiger partial charge in [0.15, 0.2) is 0 Å². The normalized spacial score (nSPS) is 28.8. The summed E-state index contributed by atoms with van der Waals surface area (Å²) in [6, 6.07) is 8.37. The maximum absolute atomic E-state index is 12.7. The summed E-state index contributed by atoms with van der Waals surface area (Å²) in [7, 11) is 0. The minimum absolute atomic E-state index is 0.143.